The molecule has 1 aromatic carbocycles. The Kier molecular flexibility index (Phi) is 3.38. The first-order valence-electron chi connectivity index (χ1n) is 6.65. The highest BCUT2D eigenvalue weighted by Gasteiger charge is 2.26. The van der Waals surface area contributed by atoms with Crippen LogP contribution in [-0.4, -0.2) is 26.3 Å². The zero-order chi connectivity index (χ0) is 14.3. The molecule has 2 aliphatic heterocycles. The van der Waals surface area contributed by atoms with Crippen molar-refractivity contribution in [2.45, 2.75) is 37.1 Å². The predicted octanol–water partition coefficient (Wildman–Crippen LogP) is 2.77. The minimum absolute atomic E-state index is 0.114. The van der Waals surface area contributed by atoms with Crippen molar-refractivity contribution in [3.05, 3.63) is 18.2 Å². The van der Waals surface area contributed by atoms with Crippen LogP contribution in [0, 0.1) is 0 Å². The van der Waals surface area contributed by atoms with Gasteiger partial charge in [0.2, 0.25) is 5.29 Å². The van der Waals surface area contributed by atoms with Crippen molar-refractivity contribution in [2.24, 2.45) is 4.40 Å². The molecule has 2 aliphatic rings. The standard InChI is InChI=1S/C13H16ClN3O2S/c1-9-4-2-3-7-17(9)10-5-6-11-12(8-10)20(18,19)16-13(14)15-11/h5-6,8-9H,2-4,7H2,1H3,(H,15,16)/t9-/m1/s1. The number of benzene rings is 1. The van der Waals surface area contributed by atoms with Gasteiger partial charge < -0.3 is 10.2 Å². The summed E-state index contributed by atoms with van der Waals surface area (Å²) in [6.07, 6.45) is 3.49. The molecule has 1 N–H and O–H groups in total. The van der Waals surface area contributed by atoms with Crippen molar-refractivity contribution in [3.8, 4) is 0 Å². The Morgan fingerprint density at radius 3 is 2.95 bits per heavy atom. The summed E-state index contributed by atoms with van der Waals surface area (Å²) in [5.74, 6) is 0. The maximum absolute atomic E-state index is 12.1. The van der Waals surface area contributed by atoms with Gasteiger partial charge in [0.05, 0.1) is 5.69 Å². The molecule has 2 heterocycles. The Morgan fingerprint density at radius 1 is 1.40 bits per heavy atom. The van der Waals surface area contributed by atoms with Crippen LogP contribution in [0.3, 0.4) is 0 Å². The quantitative estimate of drug-likeness (QED) is 0.810. The van der Waals surface area contributed by atoms with E-state index in [1.165, 1.54) is 6.42 Å². The number of piperidine rings is 1. The third kappa shape index (κ3) is 2.38. The third-order valence-corrected chi connectivity index (χ3v) is 5.41. The lowest BCUT2D eigenvalue weighted by Crippen LogP contribution is -2.37. The summed E-state index contributed by atoms with van der Waals surface area (Å²) in [6.45, 7) is 3.12. The molecule has 1 saturated heterocycles. The fourth-order valence-electron chi connectivity index (χ4n) is 2.78. The van der Waals surface area contributed by atoms with E-state index in [2.05, 4.69) is 21.5 Å². The van der Waals surface area contributed by atoms with Crippen molar-refractivity contribution in [1.29, 1.82) is 0 Å². The maximum Gasteiger partial charge on any atom is 0.287 e. The summed E-state index contributed by atoms with van der Waals surface area (Å²) in [4.78, 5) is 2.44. The van der Waals surface area contributed by atoms with Crippen LogP contribution in [0.15, 0.2) is 27.5 Å². The van der Waals surface area contributed by atoms with Crippen LogP contribution in [0.25, 0.3) is 0 Å². The molecule has 0 saturated carbocycles. The second kappa shape index (κ2) is 4.93. The highest BCUT2D eigenvalue weighted by atomic mass is 35.5. The summed E-state index contributed by atoms with van der Waals surface area (Å²) in [5.41, 5.74) is 1.41. The van der Waals surface area contributed by atoms with Crippen molar-refractivity contribution in [1.82, 2.24) is 0 Å². The Morgan fingerprint density at radius 2 is 2.20 bits per heavy atom. The second-order valence-corrected chi connectivity index (χ2v) is 7.13. The molecule has 7 heteroatoms. The van der Waals surface area contributed by atoms with Gasteiger partial charge in [0.1, 0.15) is 4.90 Å². The van der Waals surface area contributed by atoms with Crippen LogP contribution in [0.2, 0.25) is 0 Å². The number of hydrogen-bond acceptors (Lipinski definition) is 4. The smallest absolute Gasteiger partial charge is 0.287 e. The number of sulfonamides is 1. The number of anilines is 2. The Hall–Kier alpha value is -1.27. The van der Waals surface area contributed by atoms with E-state index in [4.69, 9.17) is 11.6 Å². The number of halogens is 1. The molecule has 5 nitrogen and oxygen atoms in total. The lowest BCUT2D eigenvalue weighted by atomic mass is 10.0. The molecule has 0 spiro atoms. The van der Waals surface area contributed by atoms with Gasteiger partial charge in [-0.2, -0.15) is 8.42 Å². The van der Waals surface area contributed by atoms with Crippen LogP contribution < -0.4 is 10.2 Å². The number of hydrogen-bond donors (Lipinski definition) is 1. The highest BCUT2D eigenvalue weighted by molar-refractivity contribution is 7.90. The van der Waals surface area contributed by atoms with Gasteiger partial charge in [0.15, 0.2) is 0 Å². The second-order valence-electron chi connectivity index (χ2n) is 5.20. The van der Waals surface area contributed by atoms with Crippen LogP contribution in [0.4, 0.5) is 11.4 Å². The Bertz CT molecular complexity index is 672. The van der Waals surface area contributed by atoms with E-state index >= 15 is 0 Å². The van der Waals surface area contributed by atoms with Crippen molar-refractivity contribution >= 4 is 38.3 Å². The molecule has 3 rings (SSSR count). The first kappa shape index (κ1) is 13.7. The van der Waals surface area contributed by atoms with Gasteiger partial charge in [-0.15, -0.1) is 4.40 Å². The van der Waals surface area contributed by atoms with Crippen molar-refractivity contribution < 1.29 is 8.42 Å². The van der Waals surface area contributed by atoms with Crippen molar-refractivity contribution in [3.63, 3.8) is 0 Å². The average Bonchev–Trinajstić information content (AvgIpc) is 2.38. The minimum Gasteiger partial charge on any atom is -0.369 e. The van der Waals surface area contributed by atoms with E-state index in [9.17, 15) is 8.42 Å². The minimum atomic E-state index is -3.70. The number of fused-ring (bicyclic) bond motifs is 1. The first-order chi connectivity index (χ1) is 9.47. The highest BCUT2D eigenvalue weighted by Crippen LogP contribution is 2.33. The molecule has 0 aliphatic carbocycles. The van der Waals surface area contributed by atoms with Crippen LogP contribution in [0.1, 0.15) is 26.2 Å². The monoisotopic (exact) mass is 313 g/mol. The summed E-state index contributed by atoms with van der Waals surface area (Å²) < 4.78 is 27.6. The molecule has 20 heavy (non-hydrogen) atoms. The van der Waals surface area contributed by atoms with E-state index in [0.717, 1.165) is 25.1 Å². The zero-order valence-corrected chi connectivity index (χ0v) is 12.7. The van der Waals surface area contributed by atoms with Crippen LogP contribution in [-0.2, 0) is 10.0 Å². The lowest BCUT2D eigenvalue weighted by Gasteiger charge is -2.35. The van der Waals surface area contributed by atoms with E-state index in [-0.39, 0.29) is 10.2 Å². The molecule has 0 radical (unpaired) electrons. The number of nitrogens with one attached hydrogen (secondary N) is 1. The van der Waals surface area contributed by atoms with Gasteiger partial charge in [-0.05, 0) is 56.0 Å². The number of amidine groups is 1. The van der Waals surface area contributed by atoms with Crippen LogP contribution in [0.5, 0.6) is 0 Å². The third-order valence-electron chi connectivity index (χ3n) is 3.82. The van der Waals surface area contributed by atoms with E-state index in [0.29, 0.717) is 11.7 Å². The van der Waals surface area contributed by atoms with E-state index in [1.807, 2.05) is 6.07 Å². The van der Waals surface area contributed by atoms with Gasteiger partial charge in [-0.25, -0.2) is 0 Å². The molecule has 0 aromatic heterocycles. The molecule has 1 aromatic rings. The molecular formula is C13H16ClN3O2S. The van der Waals surface area contributed by atoms with Crippen LogP contribution >= 0.6 is 11.6 Å². The topological polar surface area (TPSA) is 61.8 Å². The Labute approximate surface area is 123 Å². The molecule has 0 bridgehead atoms. The van der Waals surface area contributed by atoms with Gasteiger partial charge in [0.25, 0.3) is 10.0 Å². The SMILES string of the molecule is C[C@@H]1CCCCN1c1ccc2c(c1)S(=O)(=O)N=C(Cl)N2. The molecule has 1 fully saturated rings. The molecule has 0 unspecified atom stereocenters. The van der Waals surface area contributed by atoms with Gasteiger partial charge in [-0.1, -0.05) is 0 Å². The van der Waals surface area contributed by atoms with Crippen molar-refractivity contribution in [2.75, 3.05) is 16.8 Å². The van der Waals surface area contributed by atoms with Gasteiger partial charge in [-0.3, -0.25) is 0 Å². The summed E-state index contributed by atoms with van der Waals surface area (Å²) in [7, 11) is -3.70. The largest absolute Gasteiger partial charge is 0.369 e. The Balaban J connectivity index is 2.03. The molecular weight excluding hydrogens is 298 g/mol. The maximum atomic E-state index is 12.1. The predicted molar refractivity (Wildman–Crippen MR) is 81.2 cm³/mol. The molecule has 1 atom stereocenters. The number of nitrogens with zero attached hydrogens (tertiary/aromatic N) is 2. The fraction of sp³-hybridized carbons (Fsp3) is 0.462. The van der Waals surface area contributed by atoms with E-state index in [1.54, 1.807) is 12.1 Å². The summed E-state index contributed by atoms with van der Waals surface area (Å²) >= 11 is 5.69. The first-order valence-corrected chi connectivity index (χ1v) is 8.47. The lowest BCUT2D eigenvalue weighted by molar-refractivity contribution is 0.484. The van der Waals surface area contributed by atoms with E-state index < -0.39 is 10.0 Å². The molecule has 108 valence electrons. The normalized spacial score (nSPS) is 24.6. The average molecular weight is 314 g/mol. The fourth-order valence-corrected chi connectivity index (χ4v) is 4.17. The van der Waals surface area contributed by atoms with Gasteiger partial charge >= 0.3 is 0 Å². The summed E-state index contributed by atoms with van der Waals surface area (Å²) in [5, 5.41) is 2.66. The zero-order valence-electron chi connectivity index (χ0n) is 11.1. The molecule has 0 amide bonds. The number of rotatable bonds is 1. The van der Waals surface area contributed by atoms with Gasteiger partial charge in [0, 0.05) is 18.3 Å². The summed E-state index contributed by atoms with van der Waals surface area (Å²) in [6, 6.07) is 5.79.